The Bertz CT molecular complexity index is 1680. The van der Waals surface area contributed by atoms with Gasteiger partial charge in [0.1, 0.15) is 17.2 Å². The van der Waals surface area contributed by atoms with Gasteiger partial charge in [-0.2, -0.15) is 22.5 Å². The summed E-state index contributed by atoms with van der Waals surface area (Å²) in [6, 6.07) is 7.86. The Labute approximate surface area is 229 Å². The smallest absolute Gasteiger partial charge is 0.365 e. The lowest BCUT2D eigenvalue weighted by molar-refractivity contribution is -0.137. The Balaban J connectivity index is 1.42. The van der Waals surface area contributed by atoms with Crippen LogP contribution in [0.15, 0.2) is 42.7 Å². The van der Waals surface area contributed by atoms with E-state index in [1.807, 2.05) is 6.07 Å². The molecule has 3 aromatic rings. The van der Waals surface area contributed by atoms with Gasteiger partial charge in [0.05, 0.1) is 24.6 Å². The van der Waals surface area contributed by atoms with Gasteiger partial charge in [-0.05, 0) is 42.2 Å². The molecule has 0 radical (unpaired) electrons. The molecule has 0 aliphatic carbocycles. The van der Waals surface area contributed by atoms with Crippen molar-refractivity contribution >= 4 is 43.3 Å². The fourth-order valence-corrected chi connectivity index (χ4v) is 7.02. The van der Waals surface area contributed by atoms with E-state index in [1.165, 1.54) is 23.8 Å². The Morgan fingerprint density at radius 3 is 2.40 bits per heavy atom. The Kier molecular flexibility index (Phi) is 6.90. The Morgan fingerprint density at radius 2 is 1.75 bits per heavy atom. The molecule has 0 saturated carbocycles. The van der Waals surface area contributed by atoms with E-state index in [9.17, 15) is 30.0 Å². The molecular weight excluding hydrogens is 571 g/mol. The Hall–Kier alpha value is -3.50. The summed E-state index contributed by atoms with van der Waals surface area (Å²) in [7, 11) is -5.78. The van der Waals surface area contributed by atoms with Crippen LogP contribution in [0.5, 0.6) is 0 Å². The summed E-state index contributed by atoms with van der Waals surface area (Å²) in [5.74, 6) is -0.558. The molecule has 2 bridgehead atoms. The molecule has 0 amide bonds. The quantitative estimate of drug-likeness (QED) is 0.397. The van der Waals surface area contributed by atoms with Crippen molar-refractivity contribution < 1.29 is 30.0 Å². The van der Waals surface area contributed by atoms with E-state index in [-0.39, 0.29) is 30.4 Å². The molecule has 16 heteroatoms. The lowest BCUT2D eigenvalue weighted by atomic mass is 9.91. The summed E-state index contributed by atoms with van der Waals surface area (Å²) < 4.78 is 92.4. The van der Waals surface area contributed by atoms with Crippen molar-refractivity contribution in [2.45, 2.75) is 37.6 Å². The number of hydrogen-bond donors (Lipinski definition) is 2. The normalized spacial score (nSPS) is 18.9. The van der Waals surface area contributed by atoms with Crippen molar-refractivity contribution in [2.75, 3.05) is 34.5 Å². The van der Waals surface area contributed by atoms with Crippen LogP contribution in [-0.4, -0.2) is 55.7 Å². The Morgan fingerprint density at radius 1 is 1.05 bits per heavy atom. The van der Waals surface area contributed by atoms with Crippen molar-refractivity contribution in [3.63, 3.8) is 0 Å². The summed E-state index contributed by atoms with van der Waals surface area (Å²) in [5.41, 5.74) is 1.48. The number of benzene rings is 1. The van der Waals surface area contributed by atoms with E-state index < -0.39 is 37.6 Å². The van der Waals surface area contributed by atoms with Gasteiger partial charge in [-0.1, -0.05) is 12.1 Å². The second-order valence-electron chi connectivity index (χ2n) is 9.69. The molecule has 2 unspecified atom stereocenters. The van der Waals surface area contributed by atoms with E-state index in [1.54, 1.807) is 24.3 Å². The lowest BCUT2D eigenvalue weighted by Crippen LogP contribution is -2.27. The summed E-state index contributed by atoms with van der Waals surface area (Å²) >= 11 is 0. The number of aromatic nitrogens is 3. The second-order valence-corrected chi connectivity index (χ2v) is 13.6. The predicted octanol–water partition coefficient (Wildman–Crippen LogP) is 3.79. The van der Waals surface area contributed by atoms with Crippen LogP contribution < -0.4 is 14.9 Å². The molecule has 2 aromatic heterocycles. The van der Waals surface area contributed by atoms with E-state index in [0.29, 0.717) is 23.9 Å². The van der Waals surface area contributed by atoms with Gasteiger partial charge in [-0.15, -0.1) is 0 Å². The largest absolute Gasteiger partial charge is 0.421 e. The molecule has 4 heterocycles. The molecule has 1 saturated heterocycles. The van der Waals surface area contributed by atoms with Gasteiger partial charge in [0.2, 0.25) is 26.0 Å². The first kappa shape index (κ1) is 28.0. The minimum Gasteiger partial charge on any atom is -0.365 e. The molecule has 40 heavy (non-hydrogen) atoms. The van der Waals surface area contributed by atoms with Crippen molar-refractivity contribution in [3.05, 3.63) is 65.0 Å². The number of nitrogens with zero attached hydrogens (tertiary/aromatic N) is 5. The number of rotatable bonds is 8. The summed E-state index contributed by atoms with van der Waals surface area (Å²) in [4.78, 5) is 12.0. The molecule has 214 valence electrons. The minimum absolute atomic E-state index is 0.0639. The summed E-state index contributed by atoms with van der Waals surface area (Å²) in [5, 5.41) is 5.57. The average molecular weight is 598 g/mol. The van der Waals surface area contributed by atoms with Crippen molar-refractivity contribution in [1.82, 2.24) is 19.3 Å². The zero-order valence-corrected chi connectivity index (χ0v) is 23.3. The van der Waals surface area contributed by atoms with Crippen LogP contribution in [0.4, 0.5) is 36.4 Å². The van der Waals surface area contributed by atoms with Crippen molar-refractivity contribution in [1.29, 1.82) is 0 Å². The van der Waals surface area contributed by atoms with Crippen LogP contribution in [0.1, 0.15) is 47.2 Å². The predicted molar refractivity (Wildman–Crippen MR) is 143 cm³/mol. The molecule has 2 N–H and O–H groups in total. The molecular formula is C24H26F3N7O4S2. The second kappa shape index (κ2) is 9.85. The maximum Gasteiger partial charge on any atom is 0.421 e. The number of alkyl halides is 3. The molecule has 11 nitrogen and oxygen atoms in total. The number of halogens is 3. The number of fused-ring (bicyclic) bond motifs is 5. The zero-order chi connectivity index (χ0) is 29.0. The first-order chi connectivity index (χ1) is 18.6. The highest BCUT2D eigenvalue weighted by Crippen LogP contribution is 2.54. The number of pyridine rings is 1. The van der Waals surface area contributed by atoms with Crippen LogP contribution in [0.3, 0.4) is 0 Å². The maximum atomic E-state index is 13.8. The van der Waals surface area contributed by atoms with Crippen LogP contribution in [0.25, 0.3) is 0 Å². The van der Waals surface area contributed by atoms with Crippen LogP contribution in [0, 0.1) is 0 Å². The molecule has 1 aromatic carbocycles. The number of anilines is 4. The van der Waals surface area contributed by atoms with Crippen LogP contribution in [0.2, 0.25) is 0 Å². The van der Waals surface area contributed by atoms with E-state index in [4.69, 9.17) is 0 Å². The monoisotopic (exact) mass is 597 g/mol. The molecule has 2 aliphatic rings. The topological polar surface area (TPSA) is 137 Å². The van der Waals surface area contributed by atoms with Gasteiger partial charge < -0.3 is 10.6 Å². The first-order valence-corrected chi connectivity index (χ1v) is 15.8. The van der Waals surface area contributed by atoms with E-state index >= 15 is 0 Å². The molecule has 0 spiro atoms. The van der Waals surface area contributed by atoms with Gasteiger partial charge in [0.25, 0.3) is 0 Å². The molecule has 2 atom stereocenters. The van der Waals surface area contributed by atoms with Crippen molar-refractivity contribution in [3.8, 4) is 0 Å². The maximum absolute atomic E-state index is 13.8. The third-order valence-corrected chi connectivity index (χ3v) is 9.42. The highest BCUT2D eigenvalue weighted by Gasteiger charge is 2.48. The first-order valence-electron chi connectivity index (χ1n) is 12.1. The van der Waals surface area contributed by atoms with Gasteiger partial charge in [0, 0.05) is 37.2 Å². The number of nitrogens with one attached hydrogen (secondary N) is 2. The van der Waals surface area contributed by atoms with E-state index in [0.717, 1.165) is 28.1 Å². The fourth-order valence-electron chi connectivity index (χ4n) is 5.18. The minimum atomic E-state index is -4.76. The average Bonchev–Trinajstić information content (AvgIpc) is 3.44. The standard InChI is InChI=1S/C24H26F3N7O4S2/c1-33(39(2,35)36)22-14(5-4-10-28-22)12-29-21-18(24(25,26)27)13-30-23(32-21)31-15-6-7-16-17(11-15)20-9-8-19(16)34(20)40(3,37)38/h4-7,10-11,13,19-20H,8-9,12H2,1-3H3,(H2,29,30,31,32). The molecule has 5 rings (SSSR count). The summed E-state index contributed by atoms with van der Waals surface area (Å²) in [6.07, 6.45) is 0.867. The third kappa shape index (κ3) is 5.30. The van der Waals surface area contributed by atoms with E-state index in [2.05, 4.69) is 25.6 Å². The fraction of sp³-hybridized carbons (Fsp3) is 0.375. The highest BCUT2D eigenvalue weighted by molar-refractivity contribution is 7.92. The SMILES string of the molecule is CN(c1ncccc1CNc1nc(Nc2ccc3c(c2)C2CCC3N2S(C)(=O)=O)ncc1C(F)(F)F)S(C)(=O)=O. The van der Waals surface area contributed by atoms with Crippen LogP contribution >= 0.6 is 0 Å². The van der Waals surface area contributed by atoms with Gasteiger partial charge in [-0.25, -0.2) is 26.8 Å². The van der Waals surface area contributed by atoms with Gasteiger partial charge in [0.15, 0.2) is 0 Å². The summed E-state index contributed by atoms with van der Waals surface area (Å²) in [6.45, 7) is -0.203. The number of hydrogen-bond acceptors (Lipinski definition) is 9. The molecule has 1 fully saturated rings. The number of sulfonamides is 2. The zero-order valence-electron chi connectivity index (χ0n) is 21.6. The van der Waals surface area contributed by atoms with Gasteiger partial charge in [-0.3, -0.25) is 4.31 Å². The third-order valence-electron chi connectivity index (χ3n) is 6.98. The molecule has 2 aliphatic heterocycles. The highest BCUT2D eigenvalue weighted by atomic mass is 32.2. The lowest BCUT2D eigenvalue weighted by Gasteiger charge is -2.20. The van der Waals surface area contributed by atoms with Crippen LogP contribution in [-0.2, 0) is 32.8 Å². The van der Waals surface area contributed by atoms with Gasteiger partial charge >= 0.3 is 6.18 Å². The van der Waals surface area contributed by atoms with Crippen molar-refractivity contribution in [2.24, 2.45) is 0 Å².